The van der Waals surface area contributed by atoms with Gasteiger partial charge < -0.3 is 19.1 Å². The van der Waals surface area contributed by atoms with E-state index < -0.39 is 0 Å². The SMILES string of the molecule is COc1cc(CN2C(=O)CC[C@@H]3CN(Cc4ccncc4)CC[C@@H]32)cc(OC)c1OC. The van der Waals surface area contributed by atoms with Gasteiger partial charge in [0.1, 0.15) is 0 Å². The third-order valence-corrected chi connectivity index (χ3v) is 6.46. The monoisotopic (exact) mass is 425 g/mol. The normalized spacial score (nSPS) is 21.5. The van der Waals surface area contributed by atoms with Crippen molar-refractivity contribution in [3.8, 4) is 17.2 Å². The van der Waals surface area contributed by atoms with Crippen molar-refractivity contribution in [1.82, 2.24) is 14.8 Å². The third-order valence-electron chi connectivity index (χ3n) is 6.46. The largest absolute Gasteiger partial charge is 0.493 e. The van der Waals surface area contributed by atoms with Gasteiger partial charge in [-0.2, -0.15) is 0 Å². The Kier molecular flexibility index (Phi) is 6.61. The van der Waals surface area contributed by atoms with Crippen molar-refractivity contribution in [3.63, 3.8) is 0 Å². The second-order valence-electron chi connectivity index (χ2n) is 8.30. The van der Waals surface area contributed by atoms with Crippen molar-refractivity contribution >= 4 is 5.91 Å². The summed E-state index contributed by atoms with van der Waals surface area (Å²) < 4.78 is 16.4. The minimum absolute atomic E-state index is 0.234. The molecule has 1 amide bonds. The topological polar surface area (TPSA) is 64.1 Å². The number of amides is 1. The molecule has 0 unspecified atom stereocenters. The summed E-state index contributed by atoms with van der Waals surface area (Å²) in [6.45, 7) is 3.50. The quantitative estimate of drug-likeness (QED) is 0.679. The average molecular weight is 426 g/mol. The number of carbonyl (C=O) groups excluding carboxylic acids is 1. The molecule has 2 aliphatic heterocycles. The van der Waals surface area contributed by atoms with Crippen LogP contribution in [-0.2, 0) is 17.9 Å². The molecule has 0 aliphatic carbocycles. The van der Waals surface area contributed by atoms with Crippen LogP contribution in [0.5, 0.6) is 17.2 Å². The number of fused-ring (bicyclic) bond motifs is 1. The first kappa shape index (κ1) is 21.4. The molecule has 2 atom stereocenters. The number of methoxy groups -OCH3 is 3. The Bertz CT molecular complexity index is 880. The second-order valence-corrected chi connectivity index (χ2v) is 8.30. The molecule has 7 nitrogen and oxygen atoms in total. The first-order valence-corrected chi connectivity index (χ1v) is 10.8. The van der Waals surface area contributed by atoms with E-state index in [1.165, 1.54) is 5.56 Å². The number of nitrogens with zero attached hydrogens (tertiary/aromatic N) is 3. The average Bonchev–Trinajstić information content (AvgIpc) is 2.80. The van der Waals surface area contributed by atoms with E-state index in [2.05, 4.69) is 26.9 Å². The Morgan fingerprint density at radius 1 is 0.968 bits per heavy atom. The van der Waals surface area contributed by atoms with Crippen LogP contribution in [0.2, 0.25) is 0 Å². The first-order chi connectivity index (χ1) is 15.1. The van der Waals surface area contributed by atoms with E-state index in [1.54, 1.807) is 21.3 Å². The van der Waals surface area contributed by atoms with E-state index in [1.807, 2.05) is 24.5 Å². The van der Waals surface area contributed by atoms with Crippen LogP contribution in [0.15, 0.2) is 36.7 Å². The van der Waals surface area contributed by atoms with Gasteiger partial charge in [-0.25, -0.2) is 0 Å². The molecule has 2 saturated heterocycles. The number of aromatic nitrogens is 1. The fourth-order valence-corrected chi connectivity index (χ4v) is 4.95. The molecule has 7 heteroatoms. The second kappa shape index (κ2) is 9.56. The van der Waals surface area contributed by atoms with E-state index >= 15 is 0 Å². The first-order valence-electron chi connectivity index (χ1n) is 10.8. The van der Waals surface area contributed by atoms with E-state index in [-0.39, 0.29) is 11.9 Å². The molecule has 1 aromatic carbocycles. The van der Waals surface area contributed by atoms with Crippen LogP contribution in [0.1, 0.15) is 30.4 Å². The van der Waals surface area contributed by atoms with Crippen molar-refractivity contribution in [2.24, 2.45) is 5.92 Å². The van der Waals surface area contributed by atoms with Gasteiger partial charge in [-0.1, -0.05) is 0 Å². The number of piperidine rings is 2. The smallest absolute Gasteiger partial charge is 0.223 e. The number of rotatable bonds is 7. The van der Waals surface area contributed by atoms with Crippen molar-refractivity contribution in [2.45, 2.75) is 38.4 Å². The highest BCUT2D eigenvalue weighted by molar-refractivity contribution is 5.77. The summed E-state index contributed by atoms with van der Waals surface area (Å²) in [5, 5.41) is 0. The number of hydrogen-bond acceptors (Lipinski definition) is 6. The molecule has 166 valence electrons. The Labute approximate surface area is 183 Å². The molecule has 3 heterocycles. The van der Waals surface area contributed by atoms with E-state index in [4.69, 9.17) is 14.2 Å². The zero-order valence-corrected chi connectivity index (χ0v) is 18.5. The predicted molar refractivity (Wildman–Crippen MR) is 117 cm³/mol. The van der Waals surface area contributed by atoms with Crippen LogP contribution in [0, 0.1) is 5.92 Å². The molecule has 2 aromatic rings. The lowest BCUT2D eigenvalue weighted by Crippen LogP contribution is -2.55. The lowest BCUT2D eigenvalue weighted by Gasteiger charge is -2.47. The maximum absolute atomic E-state index is 12.9. The standard InChI is InChI=1S/C24H31N3O4/c1-29-21-12-18(13-22(30-2)24(21)31-3)15-27-20-8-11-26(14-17-6-9-25-10-7-17)16-19(20)4-5-23(27)28/h6-7,9-10,12-13,19-20H,4-5,8,11,14-16H2,1-3H3/t19-,20+/m1/s1. The molecule has 4 rings (SSSR count). The molecule has 0 saturated carbocycles. The van der Waals surface area contributed by atoms with Gasteiger partial charge in [-0.15, -0.1) is 0 Å². The summed E-state index contributed by atoms with van der Waals surface area (Å²) in [7, 11) is 4.82. The highest BCUT2D eigenvalue weighted by atomic mass is 16.5. The minimum Gasteiger partial charge on any atom is -0.493 e. The van der Waals surface area contributed by atoms with Crippen molar-refractivity contribution in [3.05, 3.63) is 47.8 Å². The highest BCUT2D eigenvalue weighted by Gasteiger charge is 2.39. The Morgan fingerprint density at radius 3 is 2.32 bits per heavy atom. The summed E-state index contributed by atoms with van der Waals surface area (Å²) in [6.07, 6.45) is 6.25. The lowest BCUT2D eigenvalue weighted by molar-refractivity contribution is -0.142. The molecule has 0 spiro atoms. The molecular weight excluding hydrogens is 394 g/mol. The molecule has 2 fully saturated rings. The molecule has 1 aromatic heterocycles. The van der Waals surface area contributed by atoms with Crippen LogP contribution in [0.3, 0.4) is 0 Å². The zero-order chi connectivity index (χ0) is 21.8. The number of benzene rings is 1. The molecule has 0 bridgehead atoms. The molecule has 2 aliphatic rings. The number of carbonyl (C=O) groups is 1. The predicted octanol–water partition coefficient (Wildman–Crippen LogP) is 3.12. The van der Waals surface area contributed by atoms with Gasteiger partial charge in [0.15, 0.2) is 11.5 Å². The van der Waals surface area contributed by atoms with Gasteiger partial charge in [-0.05, 0) is 54.2 Å². The van der Waals surface area contributed by atoms with Gasteiger partial charge in [-0.3, -0.25) is 14.7 Å². The Morgan fingerprint density at radius 2 is 1.68 bits per heavy atom. The maximum atomic E-state index is 12.9. The maximum Gasteiger partial charge on any atom is 0.223 e. The fraction of sp³-hybridized carbons (Fsp3) is 0.500. The van der Waals surface area contributed by atoms with E-state index in [9.17, 15) is 4.79 Å². The van der Waals surface area contributed by atoms with Crippen LogP contribution < -0.4 is 14.2 Å². The van der Waals surface area contributed by atoms with Gasteiger partial charge in [0, 0.05) is 51.0 Å². The number of likely N-dealkylation sites (tertiary alicyclic amines) is 2. The molecule has 0 N–H and O–H groups in total. The number of pyridine rings is 1. The van der Waals surface area contributed by atoms with Gasteiger partial charge in [0.2, 0.25) is 11.7 Å². The van der Waals surface area contributed by atoms with E-state index in [0.717, 1.165) is 38.0 Å². The summed E-state index contributed by atoms with van der Waals surface area (Å²) in [6, 6.07) is 8.31. The molecule has 0 radical (unpaired) electrons. The molecular formula is C24H31N3O4. The fourth-order valence-electron chi connectivity index (χ4n) is 4.95. The summed E-state index contributed by atoms with van der Waals surface area (Å²) in [5.74, 6) is 2.53. The Balaban J connectivity index is 1.49. The third kappa shape index (κ3) is 4.61. The summed E-state index contributed by atoms with van der Waals surface area (Å²) in [5.41, 5.74) is 2.28. The lowest BCUT2D eigenvalue weighted by atomic mass is 9.83. The number of ether oxygens (including phenoxy) is 3. The molecule has 31 heavy (non-hydrogen) atoms. The number of hydrogen-bond donors (Lipinski definition) is 0. The van der Waals surface area contributed by atoms with Gasteiger partial charge >= 0.3 is 0 Å². The van der Waals surface area contributed by atoms with Gasteiger partial charge in [0.25, 0.3) is 0 Å². The summed E-state index contributed by atoms with van der Waals surface area (Å²) in [4.78, 5) is 21.6. The Hall–Kier alpha value is -2.80. The van der Waals surface area contributed by atoms with E-state index in [0.29, 0.717) is 36.1 Å². The van der Waals surface area contributed by atoms with Crippen molar-refractivity contribution in [1.29, 1.82) is 0 Å². The summed E-state index contributed by atoms with van der Waals surface area (Å²) >= 11 is 0. The van der Waals surface area contributed by atoms with Gasteiger partial charge in [0.05, 0.1) is 21.3 Å². The minimum atomic E-state index is 0.234. The zero-order valence-electron chi connectivity index (χ0n) is 18.5. The van der Waals surface area contributed by atoms with Crippen LogP contribution in [0.4, 0.5) is 0 Å². The van der Waals surface area contributed by atoms with Crippen LogP contribution in [0.25, 0.3) is 0 Å². The highest BCUT2D eigenvalue weighted by Crippen LogP contribution is 2.39. The van der Waals surface area contributed by atoms with Crippen LogP contribution in [-0.4, -0.2) is 61.2 Å². The van der Waals surface area contributed by atoms with Crippen LogP contribution >= 0.6 is 0 Å². The van der Waals surface area contributed by atoms with Crippen molar-refractivity contribution in [2.75, 3.05) is 34.4 Å². The van der Waals surface area contributed by atoms with Crippen molar-refractivity contribution < 1.29 is 19.0 Å².